The number of halogens is 1. The molecule has 0 aliphatic heterocycles. The van der Waals surface area contributed by atoms with E-state index in [2.05, 4.69) is 21.2 Å². The predicted octanol–water partition coefficient (Wildman–Crippen LogP) is 2.33. The van der Waals surface area contributed by atoms with Crippen LogP contribution in [0, 0.1) is 0 Å². The molecule has 0 heterocycles. The first-order chi connectivity index (χ1) is 8.04. The fraction of sp³-hybridized carbons (Fsp3) is 0.364. The average molecular weight is 320 g/mol. The minimum atomic E-state index is -0.954. The van der Waals surface area contributed by atoms with E-state index in [4.69, 9.17) is 5.11 Å². The topological polar surface area (TPSA) is 66.4 Å². The third-order valence-corrected chi connectivity index (χ3v) is 4.14. The first-order valence-electron chi connectivity index (χ1n) is 5.16. The first kappa shape index (κ1) is 14.2. The van der Waals surface area contributed by atoms with Crippen molar-refractivity contribution in [3.63, 3.8) is 0 Å². The van der Waals surface area contributed by atoms with Gasteiger partial charge in [0, 0.05) is 39.0 Å². The fourth-order valence-corrected chi connectivity index (χ4v) is 2.37. The third kappa shape index (κ3) is 4.47. The Labute approximate surface area is 111 Å². The Hall–Kier alpha value is -0.880. The predicted molar refractivity (Wildman–Crippen MR) is 73.1 cm³/mol. The van der Waals surface area contributed by atoms with Gasteiger partial charge in [-0.3, -0.25) is 4.21 Å². The van der Waals surface area contributed by atoms with Crippen LogP contribution in [0.25, 0.3) is 0 Å². The van der Waals surface area contributed by atoms with E-state index < -0.39 is 16.8 Å². The summed E-state index contributed by atoms with van der Waals surface area (Å²) in [5.41, 5.74) is 1.04. The summed E-state index contributed by atoms with van der Waals surface area (Å²) in [6.07, 6.45) is 0. The van der Waals surface area contributed by atoms with Gasteiger partial charge in [-0.05, 0) is 34.1 Å². The lowest BCUT2D eigenvalue weighted by Gasteiger charge is -2.08. The third-order valence-electron chi connectivity index (χ3n) is 2.18. The zero-order valence-corrected chi connectivity index (χ0v) is 11.8. The summed E-state index contributed by atoms with van der Waals surface area (Å²) in [5, 5.41) is 11.9. The van der Waals surface area contributed by atoms with Gasteiger partial charge in [-0.15, -0.1) is 0 Å². The van der Waals surface area contributed by atoms with Crippen LogP contribution >= 0.6 is 15.9 Å². The summed E-state index contributed by atoms with van der Waals surface area (Å²) in [7, 11) is -0.791. The summed E-state index contributed by atoms with van der Waals surface area (Å²) in [6, 6.07) is 4.77. The molecule has 0 spiro atoms. The minimum Gasteiger partial charge on any atom is -0.478 e. The quantitative estimate of drug-likeness (QED) is 0.844. The second kappa shape index (κ2) is 6.76. The van der Waals surface area contributed by atoms with Crippen LogP contribution in [0.2, 0.25) is 0 Å². The lowest BCUT2D eigenvalue weighted by Crippen LogP contribution is -2.12. The van der Waals surface area contributed by atoms with E-state index in [1.807, 2.05) is 6.92 Å². The van der Waals surface area contributed by atoms with Crippen molar-refractivity contribution in [2.45, 2.75) is 6.92 Å². The molecule has 1 aromatic rings. The van der Waals surface area contributed by atoms with Crippen molar-refractivity contribution < 1.29 is 14.1 Å². The first-order valence-corrected chi connectivity index (χ1v) is 7.44. The smallest absolute Gasteiger partial charge is 0.335 e. The van der Waals surface area contributed by atoms with E-state index in [0.717, 1.165) is 5.69 Å². The van der Waals surface area contributed by atoms with Crippen molar-refractivity contribution in [2.75, 3.05) is 23.4 Å². The minimum absolute atomic E-state index is 0.236. The molecule has 2 N–H and O–H groups in total. The Kier molecular flexibility index (Phi) is 5.64. The zero-order valence-electron chi connectivity index (χ0n) is 9.40. The van der Waals surface area contributed by atoms with Crippen LogP contribution in [0.5, 0.6) is 0 Å². The van der Waals surface area contributed by atoms with Gasteiger partial charge in [-0.25, -0.2) is 4.79 Å². The van der Waals surface area contributed by atoms with Gasteiger partial charge in [-0.2, -0.15) is 0 Å². The molecule has 0 fully saturated rings. The molecule has 0 radical (unpaired) electrons. The molecule has 94 valence electrons. The molecule has 1 unspecified atom stereocenters. The van der Waals surface area contributed by atoms with Gasteiger partial charge in [0.1, 0.15) is 0 Å². The van der Waals surface area contributed by atoms with E-state index in [0.29, 0.717) is 22.5 Å². The number of benzene rings is 1. The van der Waals surface area contributed by atoms with Crippen LogP contribution in [0.3, 0.4) is 0 Å². The SMILES string of the molecule is CCS(=O)CCNc1ccc(C(=O)O)cc1Br. The number of carboxylic acid groups (broad SMARTS) is 1. The molecule has 1 atom stereocenters. The highest BCUT2D eigenvalue weighted by Gasteiger charge is 2.06. The molecule has 6 heteroatoms. The van der Waals surface area contributed by atoms with Crippen LogP contribution in [-0.4, -0.2) is 33.3 Å². The molecular formula is C11H14BrNO3S. The Bertz CT molecular complexity index is 437. The molecule has 0 aromatic heterocycles. The van der Waals surface area contributed by atoms with Crippen molar-refractivity contribution >= 4 is 38.4 Å². The highest BCUT2D eigenvalue weighted by atomic mass is 79.9. The van der Waals surface area contributed by atoms with E-state index in [1.54, 1.807) is 12.1 Å². The van der Waals surface area contributed by atoms with Crippen molar-refractivity contribution in [1.29, 1.82) is 0 Å². The van der Waals surface area contributed by atoms with Gasteiger partial charge in [0.25, 0.3) is 0 Å². The molecule has 4 nitrogen and oxygen atoms in total. The number of rotatable bonds is 6. The van der Waals surface area contributed by atoms with E-state index in [1.165, 1.54) is 6.07 Å². The number of hydrogen-bond donors (Lipinski definition) is 2. The summed E-state index contributed by atoms with van der Waals surface area (Å²) in [4.78, 5) is 10.7. The Morgan fingerprint density at radius 3 is 2.76 bits per heavy atom. The van der Waals surface area contributed by atoms with E-state index >= 15 is 0 Å². The summed E-state index contributed by atoms with van der Waals surface area (Å²) in [5.74, 6) is 0.286. The van der Waals surface area contributed by atoms with Crippen molar-refractivity contribution in [2.24, 2.45) is 0 Å². The number of anilines is 1. The molecule has 0 saturated heterocycles. The summed E-state index contributed by atoms with van der Waals surface area (Å²) < 4.78 is 11.9. The maximum atomic E-state index is 11.2. The van der Waals surface area contributed by atoms with Gasteiger partial charge in [0.05, 0.1) is 5.56 Å². The van der Waals surface area contributed by atoms with E-state index in [9.17, 15) is 9.00 Å². The van der Waals surface area contributed by atoms with Crippen LogP contribution in [0.15, 0.2) is 22.7 Å². The van der Waals surface area contributed by atoms with Crippen molar-refractivity contribution in [3.05, 3.63) is 28.2 Å². The standard InChI is InChI=1S/C11H14BrNO3S/c1-2-17(16)6-5-13-10-4-3-8(11(14)15)7-9(10)12/h3-4,7,13H,2,5-6H2,1H3,(H,14,15). The molecule has 0 saturated carbocycles. The number of carboxylic acids is 1. The molecule has 17 heavy (non-hydrogen) atoms. The second-order valence-corrected chi connectivity index (χ2v) is 6.08. The maximum Gasteiger partial charge on any atom is 0.335 e. The highest BCUT2D eigenvalue weighted by molar-refractivity contribution is 9.10. The average Bonchev–Trinajstić information content (AvgIpc) is 2.30. The lowest BCUT2D eigenvalue weighted by molar-refractivity contribution is 0.0697. The monoisotopic (exact) mass is 319 g/mol. The molecular weight excluding hydrogens is 306 g/mol. The second-order valence-electron chi connectivity index (χ2n) is 3.36. The molecule has 0 amide bonds. The molecule has 1 aromatic carbocycles. The highest BCUT2D eigenvalue weighted by Crippen LogP contribution is 2.23. The van der Waals surface area contributed by atoms with Crippen molar-refractivity contribution in [3.8, 4) is 0 Å². The van der Waals surface area contributed by atoms with Gasteiger partial charge in [0.15, 0.2) is 0 Å². The van der Waals surface area contributed by atoms with E-state index in [-0.39, 0.29) is 5.56 Å². The number of aromatic carboxylic acids is 1. The Morgan fingerprint density at radius 1 is 1.53 bits per heavy atom. The number of carbonyl (C=O) groups is 1. The van der Waals surface area contributed by atoms with Crippen LogP contribution in [-0.2, 0) is 10.8 Å². The van der Waals surface area contributed by atoms with Crippen LogP contribution in [0.4, 0.5) is 5.69 Å². The number of hydrogen-bond acceptors (Lipinski definition) is 3. The summed E-state index contributed by atoms with van der Waals surface area (Å²) in [6.45, 7) is 2.49. The largest absolute Gasteiger partial charge is 0.478 e. The van der Waals surface area contributed by atoms with Crippen LogP contribution < -0.4 is 5.32 Å². The van der Waals surface area contributed by atoms with Gasteiger partial charge < -0.3 is 10.4 Å². The molecule has 1 rings (SSSR count). The van der Waals surface area contributed by atoms with Gasteiger partial charge in [0.2, 0.25) is 0 Å². The van der Waals surface area contributed by atoms with Crippen molar-refractivity contribution in [1.82, 2.24) is 0 Å². The normalized spacial score (nSPS) is 12.1. The van der Waals surface area contributed by atoms with Crippen LogP contribution in [0.1, 0.15) is 17.3 Å². The Morgan fingerprint density at radius 2 is 2.24 bits per heavy atom. The molecule has 0 aliphatic rings. The summed E-state index contributed by atoms with van der Waals surface area (Å²) >= 11 is 3.30. The van der Waals surface area contributed by atoms with Gasteiger partial charge in [-0.1, -0.05) is 6.92 Å². The maximum absolute atomic E-state index is 11.2. The fourth-order valence-electron chi connectivity index (χ4n) is 1.24. The lowest BCUT2D eigenvalue weighted by atomic mass is 10.2. The Balaban J connectivity index is 2.60. The zero-order chi connectivity index (χ0) is 12.8. The number of nitrogens with one attached hydrogen (secondary N) is 1. The molecule has 0 aliphatic carbocycles. The molecule has 0 bridgehead atoms. The van der Waals surface area contributed by atoms with Gasteiger partial charge >= 0.3 is 5.97 Å².